The molecular formula is C24H26FN3O5S. The molecule has 2 aromatic carbocycles. The fourth-order valence-corrected chi connectivity index (χ4v) is 4.07. The van der Waals surface area contributed by atoms with Crippen molar-refractivity contribution in [2.24, 2.45) is 0 Å². The molecule has 3 rings (SSSR count). The molecule has 8 nitrogen and oxygen atoms in total. The topological polar surface area (TPSA) is 103 Å². The van der Waals surface area contributed by atoms with Crippen molar-refractivity contribution < 1.29 is 23.8 Å². The smallest absolute Gasteiger partial charge is 0.346 e. The predicted molar refractivity (Wildman–Crippen MR) is 125 cm³/mol. The van der Waals surface area contributed by atoms with Crippen LogP contribution in [0, 0.1) is 5.82 Å². The molecule has 0 aliphatic carbocycles. The molecule has 1 aromatic heterocycles. The molecule has 0 atom stereocenters. The van der Waals surface area contributed by atoms with E-state index in [-0.39, 0.29) is 24.7 Å². The molecule has 0 amide bonds. The van der Waals surface area contributed by atoms with Gasteiger partial charge in [-0.3, -0.25) is 9.36 Å². The van der Waals surface area contributed by atoms with Gasteiger partial charge >= 0.3 is 17.6 Å². The van der Waals surface area contributed by atoms with Crippen LogP contribution in [0.1, 0.15) is 48.9 Å². The number of halogens is 1. The Balaban J connectivity index is 1.70. The molecule has 0 spiro atoms. The summed E-state index contributed by atoms with van der Waals surface area (Å²) in [7, 11) is 0. The number of aliphatic carboxylic acids is 1. The number of nitrogens with zero attached hydrogens (tertiary/aromatic N) is 3. The molecule has 0 saturated heterocycles. The lowest BCUT2D eigenvalue weighted by Crippen LogP contribution is -2.26. The lowest BCUT2D eigenvalue weighted by atomic mass is 10.2. The molecule has 0 fully saturated rings. The molecule has 180 valence electrons. The van der Waals surface area contributed by atoms with Gasteiger partial charge in [0, 0.05) is 11.4 Å². The highest BCUT2D eigenvalue weighted by Crippen LogP contribution is 2.32. The monoisotopic (exact) mass is 487 g/mol. The summed E-state index contributed by atoms with van der Waals surface area (Å²) < 4.78 is 20.3. The standard InChI is InChI=1S/C24H26FN3O5S/c1-4-13-27-20(26-28(23(27)32)14-16-5-9-18(25)10-6-16)15-33-21(29)17-7-11-19(12-8-17)34-24(2,3)22(30)31/h5-12H,4,13-15H2,1-3H3,(H,30,31). The van der Waals surface area contributed by atoms with Crippen LogP contribution in [-0.2, 0) is 29.2 Å². The highest BCUT2D eigenvalue weighted by Gasteiger charge is 2.28. The third kappa shape index (κ3) is 6.13. The van der Waals surface area contributed by atoms with Gasteiger partial charge in [-0.25, -0.2) is 18.7 Å². The summed E-state index contributed by atoms with van der Waals surface area (Å²) in [5.74, 6) is -1.56. The molecule has 0 aliphatic rings. The number of esters is 1. The fourth-order valence-electron chi connectivity index (χ4n) is 3.12. The van der Waals surface area contributed by atoms with E-state index in [9.17, 15) is 23.9 Å². The SMILES string of the molecule is CCCn1c(COC(=O)c2ccc(SC(C)(C)C(=O)O)cc2)nn(Cc2ccc(F)cc2)c1=O. The van der Waals surface area contributed by atoms with Crippen LogP contribution < -0.4 is 5.69 Å². The third-order valence-corrected chi connectivity index (χ3v) is 6.20. The second-order valence-corrected chi connectivity index (χ2v) is 9.85. The van der Waals surface area contributed by atoms with Crippen LogP contribution >= 0.6 is 11.8 Å². The maximum absolute atomic E-state index is 13.2. The Morgan fingerprint density at radius 1 is 1.12 bits per heavy atom. The van der Waals surface area contributed by atoms with E-state index in [0.29, 0.717) is 29.2 Å². The minimum absolute atomic E-state index is 0.169. The van der Waals surface area contributed by atoms with E-state index in [2.05, 4.69) is 5.10 Å². The summed E-state index contributed by atoms with van der Waals surface area (Å²) in [4.78, 5) is 37.3. The van der Waals surface area contributed by atoms with Gasteiger partial charge in [0.2, 0.25) is 0 Å². The lowest BCUT2D eigenvalue weighted by Gasteiger charge is -2.18. The van der Waals surface area contributed by atoms with Gasteiger partial charge < -0.3 is 9.84 Å². The molecule has 0 radical (unpaired) electrons. The Morgan fingerprint density at radius 2 is 1.76 bits per heavy atom. The Hall–Kier alpha value is -3.40. The number of benzene rings is 2. The average molecular weight is 488 g/mol. The van der Waals surface area contributed by atoms with Crippen LogP contribution in [0.25, 0.3) is 0 Å². The van der Waals surface area contributed by atoms with Crippen molar-refractivity contribution in [3.05, 3.63) is 81.8 Å². The second kappa shape index (κ2) is 10.7. The fraction of sp³-hybridized carbons (Fsp3) is 0.333. The zero-order valence-corrected chi connectivity index (χ0v) is 20.0. The van der Waals surface area contributed by atoms with E-state index in [1.807, 2.05) is 6.92 Å². The number of carbonyl (C=O) groups excluding carboxylic acids is 1. The minimum Gasteiger partial charge on any atom is -0.480 e. The summed E-state index contributed by atoms with van der Waals surface area (Å²) in [5, 5.41) is 13.6. The number of ether oxygens (including phenoxy) is 1. The van der Waals surface area contributed by atoms with E-state index in [1.165, 1.54) is 33.1 Å². The van der Waals surface area contributed by atoms with E-state index in [4.69, 9.17) is 4.74 Å². The van der Waals surface area contributed by atoms with Gasteiger partial charge in [-0.1, -0.05) is 19.1 Å². The maximum atomic E-state index is 13.2. The van der Waals surface area contributed by atoms with E-state index in [1.54, 1.807) is 50.2 Å². The van der Waals surface area contributed by atoms with Gasteiger partial charge in [0.05, 0.1) is 12.1 Å². The Morgan fingerprint density at radius 3 is 2.35 bits per heavy atom. The highest BCUT2D eigenvalue weighted by atomic mass is 32.2. The molecule has 0 saturated carbocycles. The predicted octanol–water partition coefficient (Wildman–Crippen LogP) is 3.95. The molecule has 1 heterocycles. The zero-order chi connectivity index (χ0) is 24.9. The molecule has 1 N–H and O–H groups in total. The number of thioether (sulfide) groups is 1. The first kappa shape index (κ1) is 25.2. The van der Waals surface area contributed by atoms with Crippen molar-refractivity contribution >= 4 is 23.7 Å². The molecule has 34 heavy (non-hydrogen) atoms. The van der Waals surface area contributed by atoms with E-state index in [0.717, 1.165) is 5.56 Å². The van der Waals surface area contributed by atoms with Crippen molar-refractivity contribution in [3.8, 4) is 0 Å². The van der Waals surface area contributed by atoms with Gasteiger partial charge in [-0.05, 0) is 62.2 Å². The Labute approximate surface area is 200 Å². The van der Waals surface area contributed by atoms with Crippen LogP contribution in [-0.4, -0.2) is 36.1 Å². The van der Waals surface area contributed by atoms with Crippen LogP contribution in [0.2, 0.25) is 0 Å². The normalized spacial score (nSPS) is 11.4. The first-order chi connectivity index (χ1) is 16.1. The first-order valence-corrected chi connectivity index (χ1v) is 11.5. The van der Waals surface area contributed by atoms with E-state index < -0.39 is 16.7 Å². The second-order valence-electron chi connectivity index (χ2n) is 8.15. The number of aromatic nitrogens is 3. The number of hydrogen-bond donors (Lipinski definition) is 1. The number of carbonyl (C=O) groups is 2. The van der Waals surface area contributed by atoms with Crippen molar-refractivity contribution in [2.45, 2.75) is 56.5 Å². The van der Waals surface area contributed by atoms with Crippen LogP contribution in [0.5, 0.6) is 0 Å². The largest absolute Gasteiger partial charge is 0.480 e. The summed E-state index contributed by atoms with van der Waals surface area (Å²) in [5.41, 5.74) is 0.685. The van der Waals surface area contributed by atoms with E-state index >= 15 is 0 Å². The van der Waals surface area contributed by atoms with Crippen molar-refractivity contribution in [3.63, 3.8) is 0 Å². The van der Waals surface area contributed by atoms with Crippen molar-refractivity contribution in [1.29, 1.82) is 0 Å². The van der Waals surface area contributed by atoms with Crippen molar-refractivity contribution in [2.75, 3.05) is 0 Å². The van der Waals surface area contributed by atoms with Crippen LogP contribution in [0.3, 0.4) is 0 Å². The third-order valence-electron chi connectivity index (χ3n) is 5.00. The molecule has 0 unspecified atom stereocenters. The lowest BCUT2D eigenvalue weighted by molar-refractivity contribution is -0.138. The first-order valence-electron chi connectivity index (χ1n) is 10.7. The van der Waals surface area contributed by atoms with Gasteiger partial charge in [0.1, 0.15) is 10.6 Å². The van der Waals surface area contributed by atoms with Gasteiger partial charge in [-0.15, -0.1) is 11.8 Å². The molecular weight excluding hydrogens is 461 g/mol. The molecule has 0 bridgehead atoms. The quantitative estimate of drug-likeness (QED) is 0.341. The summed E-state index contributed by atoms with van der Waals surface area (Å²) in [6, 6.07) is 12.3. The molecule has 0 aliphatic heterocycles. The zero-order valence-electron chi connectivity index (χ0n) is 19.2. The van der Waals surface area contributed by atoms with Gasteiger partial charge in [0.15, 0.2) is 12.4 Å². The number of hydrogen-bond acceptors (Lipinski definition) is 6. The Kier molecular flexibility index (Phi) is 7.93. The molecule has 10 heteroatoms. The van der Waals surface area contributed by atoms with Gasteiger partial charge in [0.25, 0.3) is 0 Å². The maximum Gasteiger partial charge on any atom is 0.346 e. The summed E-state index contributed by atoms with van der Waals surface area (Å²) in [6.07, 6.45) is 0.689. The minimum atomic E-state index is -1.00. The van der Waals surface area contributed by atoms with Gasteiger partial charge in [-0.2, -0.15) is 5.10 Å². The van der Waals surface area contributed by atoms with Crippen LogP contribution in [0.15, 0.2) is 58.2 Å². The highest BCUT2D eigenvalue weighted by molar-refractivity contribution is 8.01. The van der Waals surface area contributed by atoms with Crippen molar-refractivity contribution in [1.82, 2.24) is 14.3 Å². The van der Waals surface area contributed by atoms with Crippen LogP contribution in [0.4, 0.5) is 4.39 Å². The number of carboxylic acid groups (broad SMARTS) is 1. The Bertz CT molecular complexity index is 1220. The number of rotatable bonds is 10. The average Bonchev–Trinajstić information content (AvgIpc) is 3.08. The summed E-state index contributed by atoms with van der Waals surface area (Å²) in [6.45, 7) is 5.53. The summed E-state index contributed by atoms with van der Waals surface area (Å²) >= 11 is 1.17. The number of carboxylic acids is 1. The molecule has 3 aromatic rings.